The van der Waals surface area contributed by atoms with E-state index in [0.29, 0.717) is 11.7 Å². The molecule has 1 aromatic heterocycles. The molecule has 1 aromatic carbocycles. The van der Waals surface area contributed by atoms with E-state index in [9.17, 15) is 4.79 Å². The summed E-state index contributed by atoms with van der Waals surface area (Å²) in [5.41, 5.74) is 2.71. The Morgan fingerprint density at radius 3 is 2.83 bits per heavy atom. The molecule has 1 aliphatic heterocycles. The van der Waals surface area contributed by atoms with Crippen LogP contribution in [0.2, 0.25) is 0 Å². The highest BCUT2D eigenvalue weighted by Gasteiger charge is 2.40. The molecular formula is C18H23N3O2S. The maximum atomic E-state index is 12.8. The van der Waals surface area contributed by atoms with Gasteiger partial charge < -0.3 is 15.4 Å². The van der Waals surface area contributed by atoms with E-state index in [1.807, 2.05) is 17.5 Å². The molecule has 1 amide bonds. The van der Waals surface area contributed by atoms with Gasteiger partial charge in [0.25, 0.3) is 0 Å². The van der Waals surface area contributed by atoms with Crippen LogP contribution in [-0.4, -0.2) is 37.7 Å². The Morgan fingerprint density at radius 1 is 1.38 bits per heavy atom. The number of hydrogen-bond donors (Lipinski definition) is 2. The minimum Gasteiger partial charge on any atom is -0.384 e. The van der Waals surface area contributed by atoms with Crippen molar-refractivity contribution in [3.63, 3.8) is 0 Å². The number of aryl methyl sites for hydroxylation is 1. The van der Waals surface area contributed by atoms with Gasteiger partial charge in [-0.15, -0.1) is 11.3 Å². The average Bonchev–Trinajstić information content (AvgIpc) is 3.04. The lowest BCUT2D eigenvalue weighted by Crippen LogP contribution is -2.47. The number of methoxy groups -OCH3 is 1. The van der Waals surface area contributed by atoms with Crippen LogP contribution in [0.25, 0.3) is 11.3 Å². The second-order valence-electron chi connectivity index (χ2n) is 6.27. The number of benzene rings is 1. The SMILES string of the molecule is COCC1(C(=O)Nc2nc(-c3ccccc3C)cs2)CCNCC1. The van der Waals surface area contributed by atoms with Gasteiger partial charge in [-0.05, 0) is 38.4 Å². The molecule has 0 spiro atoms. The highest BCUT2D eigenvalue weighted by atomic mass is 32.1. The molecule has 0 radical (unpaired) electrons. The van der Waals surface area contributed by atoms with Crippen molar-refractivity contribution in [3.05, 3.63) is 35.2 Å². The van der Waals surface area contributed by atoms with Crippen LogP contribution in [0.5, 0.6) is 0 Å². The lowest BCUT2D eigenvalue weighted by molar-refractivity contribution is -0.130. The summed E-state index contributed by atoms with van der Waals surface area (Å²) >= 11 is 1.46. The summed E-state index contributed by atoms with van der Waals surface area (Å²) in [7, 11) is 1.65. The molecule has 0 saturated carbocycles. The monoisotopic (exact) mass is 345 g/mol. The van der Waals surface area contributed by atoms with E-state index in [-0.39, 0.29) is 5.91 Å². The van der Waals surface area contributed by atoms with Crippen LogP contribution in [0.4, 0.5) is 5.13 Å². The van der Waals surface area contributed by atoms with Crippen LogP contribution in [0.15, 0.2) is 29.6 Å². The Labute approximate surface area is 146 Å². The first-order valence-electron chi connectivity index (χ1n) is 8.17. The summed E-state index contributed by atoms with van der Waals surface area (Å²) in [6, 6.07) is 8.13. The van der Waals surface area contributed by atoms with Gasteiger partial charge in [-0.3, -0.25) is 4.79 Å². The molecule has 3 rings (SSSR count). The first-order valence-corrected chi connectivity index (χ1v) is 9.05. The predicted molar refractivity (Wildman–Crippen MR) is 97.3 cm³/mol. The first-order chi connectivity index (χ1) is 11.6. The standard InChI is InChI=1S/C18H23N3O2S/c1-13-5-3-4-6-14(13)15-11-24-17(20-15)21-16(22)18(12-23-2)7-9-19-10-8-18/h3-6,11,19H,7-10,12H2,1-2H3,(H,20,21,22). The van der Waals surface area contributed by atoms with Crippen molar-refractivity contribution in [1.29, 1.82) is 0 Å². The molecule has 5 nitrogen and oxygen atoms in total. The molecule has 1 aliphatic rings. The Balaban J connectivity index is 1.76. The molecule has 1 fully saturated rings. The topological polar surface area (TPSA) is 63.2 Å². The van der Waals surface area contributed by atoms with Gasteiger partial charge in [0.15, 0.2) is 5.13 Å². The minimum atomic E-state index is -0.464. The molecule has 24 heavy (non-hydrogen) atoms. The van der Waals surface area contributed by atoms with Crippen molar-refractivity contribution < 1.29 is 9.53 Å². The maximum Gasteiger partial charge on any atom is 0.234 e. The van der Waals surface area contributed by atoms with Crippen molar-refractivity contribution >= 4 is 22.4 Å². The number of ether oxygens (including phenoxy) is 1. The Bertz CT molecular complexity index is 702. The van der Waals surface area contributed by atoms with Crippen LogP contribution in [0.3, 0.4) is 0 Å². The minimum absolute atomic E-state index is 0.0107. The van der Waals surface area contributed by atoms with Crippen LogP contribution in [-0.2, 0) is 9.53 Å². The summed E-state index contributed by atoms with van der Waals surface area (Å²) in [4.78, 5) is 17.4. The largest absolute Gasteiger partial charge is 0.384 e. The van der Waals surface area contributed by atoms with E-state index in [2.05, 4.69) is 34.7 Å². The number of aromatic nitrogens is 1. The van der Waals surface area contributed by atoms with E-state index < -0.39 is 5.41 Å². The van der Waals surface area contributed by atoms with Crippen molar-refractivity contribution in [1.82, 2.24) is 10.3 Å². The molecule has 2 aromatic rings. The summed E-state index contributed by atoms with van der Waals surface area (Å²) in [5, 5.41) is 8.94. The molecule has 0 bridgehead atoms. The Hall–Kier alpha value is -1.76. The van der Waals surface area contributed by atoms with Crippen molar-refractivity contribution in [2.24, 2.45) is 5.41 Å². The van der Waals surface area contributed by atoms with Crippen LogP contribution in [0.1, 0.15) is 18.4 Å². The summed E-state index contributed by atoms with van der Waals surface area (Å²) in [5.74, 6) is 0.0107. The van der Waals surface area contributed by atoms with Gasteiger partial charge in [0.05, 0.1) is 17.7 Å². The lowest BCUT2D eigenvalue weighted by Gasteiger charge is -2.35. The zero-order valence-corrected chi connectivity index (χ0v) is 14.9. The number of hydrogen-bond acceptors (Lipinski definition) is 5. The normalized spacial score (nSPS) is 16.8. The maximum absolute atomic E-state index is 12.8. The lowest BCUT2D eigenvalue weighted by atomic mass is 9.79. The van der Waals surface area contributed by atoms with Gasteiger partial charge >= 0.3 is 0 Å². The molecule has 6 heteroatoms. The van der Waals surface area contributed by atoms with Crippen LogP contribution >= 0.6 is 11.3 Å². The zero-order chi connectivity index (χ0) is 17.0. The van der Waals surface area contributed by atoms with Gasteiger partial charge in [0.2, 0.25) is 5.91 Å². The van der Waals surface area contributed by atoms with E-state index >= 15 is 0 Å². The van der Waals surface area contributed by atoms with Gasteiger partial charge in [-0.1, -0.05) is 24.3 Å². The Kier molecular flexibility index (Phi) is 5.28. The quantitative estimate of drug-likeness (QED) is 0.874. The molecule has 0 unspecified atom stereocenters. The smallest absolute Gasteiger partial charge is 0.234 e. The average molecular weight is 345 g/mol. The number of carbonyl (C=O) groups excluding carboxylic acids is 1. The number of rotatable bonds is 5. The van der Waals surface area contributed by atoms with E-state index in [0.717, 1.165) is 37.2 Å². The van der Waals surface area contributed by atoms with Gasteiger partial charge in [0, 0.05) is 18.1 Å². The van der Waals surface area contributed by atoms with Gasteiger partial charge in [0.1, 0.15) is 0 Å². The number of nitrogens with zero attached hydrogens (tertiary/aromatic N) is 1. The molecular weight excluding hydrogens is 322 g/mol. The van der Waals surface area contributed by atoms with Crippen molar-refractivity contribution in [3.8, 4) is 11.3 Å². The third-order valence-corrected chi connectivity index (χ3v) is 5.37. The number of amides is 1. The molecule has 0 aliphatic carbocycles. The predicted octanol–water partition coefficient (Wildman–Crippen LogP) is 3.07. The first kappa shape index (κ1) is 17.1. The highest BCUT2D eigenvalue weighted by molar-refractivity contribution is 7.14. The number of carbonyl (C=O) groups is 1. The van der Waals surface area contributed by atoms with Gasteiger partial charge in [-0.2, -0.15) is 0 Å². The van der Waals surface area contributed by atoms with Crippen molar-refractivity contribution in [2.45, 2.75) is 19.8 Å². The fourth-order valence-electron chi connectivity index (χ4n) is 3.16. The number of thiazole rings is 1. The van der Waals surface area contributed by atoms with Gasteiger partial charge in [-0.25, -0.2) is 4.98 Å². The Morgan fingerprint density at radius 2 is 2.12 bits per heavy atom. The number of piperidine rings is 1. The number of anilines is 1. The fourth-order valence-corrected chi connectivity index (χ4v) is 3.87. The molecule has 128 valence electrons. The summed E-state index contributed by atoms with van der Waals surface area (Å²) in [6.07, 6.45) is 1.56. The highest BCUT2D eigenvalue weighted by Crippen LogP contribution is 2.32. The van der Waals surface area contributed by atoms with E-state index in [1.54, 1.807) is 7.11 Å². The molecule has 0 atom stereocenters. The summed E-state index contributed by atoms with van der Waals surface area (Å²) in [6.45, 7) is 4.18. The van der Waals surface area contributed by atoms with Crippen LogP contribution < -0.4 is 10.6 Å². The third kappa shape index (κ3) is 3.50. The zero-order valence-electron chi connectivity index (χ0n) is 14.1. The molecule has 1 saturated heterocycles. The summed E-state index contributed by atoms with van der Waals surface area (Å²) < 4.78 is 5.33. The molecule has 2 heterocycles. The fraction of sp³-hybridized carbons (Fsp3) is 0.444. The van der Waals surface area contributed by atoms with Crippen molar-refractivity contribution in [2.75, 3.05) is 32.1 Å². The van der Waals surface area contributed by atoms with E-state index in [4.69, 9.17) is 4.74 Å². The van der Waals surface area contributed by atoms with E-state index in [1.165, 1.54) is 16.9 Å². The second-order valence-corrected chi connectivity index (χ2v) is 7.13. The molecule has 2 N–H and O–H groups in total. The number of nitrogens with one attached hydrogen (secondary N) is 2. The van der Waals surface area contributed by atoms with Crippen LogP contribution in [0, 0.1) is 12.3 Å². The second kappa shape index (κ2) is 7.42. The third-order valence-electron chi connectivity index (χ3n) is 4.61.